The molecule has 0 atom stereocenters. The van der Waals surface area contributed by atoms with Crippen LogP contribution in [0.1, 0.15) is 16.1 Å². The van der Waals surface area contributed by atoms with Crippen LogP contribution >= 0.6 is 15.9 Å². The number of rotatable bonds is 4. The van der Waals surface area contributed by atoms with Crippen LogP contribution in [0.2, 0.25) is 0 Å². The van der Waals surface area contributed by atoms with Crippen molar-refractivity contribution in [3.05, 3.63) is 51.9 Å². The van der Waals surface area contributed by atoms with E-state index >= 15 is 0 Å². The standard InChI is InChI=1S/C12H7BrF2O4/c13-8-3-7(14)4-9(15)11(8)19-5-6-1-2-18-10(6)12(16)17/h1-4H,5H2,(H,16,17). The van der Waals surface area contributed by atoms with E-state index in [1.54, 1.807) is 0 Å². The summed E-state index contributed by atoms with van der Waals surface area (Å²) in [6.07, 6.45) is 1.19. The summed E-state index contributed by atoms with van der Waals surface area (Å²) in [4.78, 5) is 10.8. The predicted molar refractivity (Wildman–Crippen MR) is 64.1 cm³/mol. The zero-order valence-electron chi connectivity index (χ0n) is 9.32. The molecule has 0 bridgehead atoms. The van der Waals surface area contributed by atoms with E-state index in [1.807, 2.05) is 0 Å². The second kappa shape index (κ2) is 5.40. The average molecular weight is 333 g/mol. The quantitative estimate of drug-likeness (QED) is 0.929. The molecule has 0 aliphatic rings. The lowest BCUT2D eigenvalue weighted by molar-refractivity contribution is 0.0658. The number of furan rings is 1. The first-order valence-corrected chi connectivity index (χ1v) is 5.85. The van der Waals surface area contributed by atoms with Crippen molar-refractivity contribution in [3.63, 3.8) is 0 Å². The van der Waals surface area contributed by atoms with Crippen LogP contribution in [0, 0.1) is 11.6 Å². The Morgan fingerprint density at radius 1 is 1.42 bits per heavy atom. The van der Waals surface area contributed by atoms with Gasteiger partial charge in [-0.15, -0.1) is 0 Å². The lowest BCUT2D eigenvalue weighted by Gasteiger charge is -2.08. The number of hydrogen-bond donors (Lipinski definition) is 1. The molecule has 100 valence electrons. The summed E-state index contributed by atoms with van der Waals surface area (Å²) in [7, 11) is 0. The molecule has 0 saturated carbocycles. The highest BCUT2D eigenvalue weighted by molar-refractivity contribution is 9.10. The normalized spacial score (nSPS) is 10.5. The van der Waals surface area contributed by atoms with Gasteiger partial charge in [0.25, 0.3) is 0 Å². The van der Waals surface area contributed by atoms with Gasteiger partial charge in [0.15, 0.2) is 11.6 Å². The van der Waals surface area contributed by atoms with Gasteiger partial charge in [-0.1, -0.05) is 0 Å². The van der Waals surface area contributed by atoms with Crippen LogP contribution < -0.4 is 4.74 Å². The molecular formula is C12H7BrF2O4. The van der Waals surface area contributed by atoms with Gasteiger partial charge in [0.05, 0.1) is 10.7 Å². The molecule has 2 rings (SSSR count). The smallest absolute Gasteiger partial charge is 0.372 e. The summed E-state index contributed by atoms with van der Waals surface area (Å²) in [6, 6.07) is 3.12. The maximum atomic E-state index is 13.5. The molecule has 1 heterocycles. The number of carbonyl (C=O) groups is 1. The third-order valence-electron chi connectivity index (χ3n) is 2.28. The van der Waals surface area contributed by atoms with E-state index in [9.17, 15) is 13.6 Å². The fourth-order valence-corrected chi connectivity index (χ4v) is 1.98. The first-order valence-electron chi connectivity index (χ1n) is 5.06. The summed E-state index contributed by atoms with van der Waals surface area (Å²) in [6.45, 7) is -0.209. The molecule has 0 aliphatic carbocycles. The minimum absolute atomic E-state index is 0.102. The van der Waals surface area contributed by atoms with Crippen molar-refractivity contribution in [2.75, 3.05) is 0 Å². The number of benzene rings is 1. The predicted octanol–water partition coefficient (Wildman–Crippen LogP) is 3.60. The zero-order chi connectivity index (χ0) is 14.0. The minimum atomic E-state index is -1.25. The van der Waals surface area contributed by atoms with Gasteiger partial charge in [-0.2, -0.15) is 0 Å². The van der Waals surface area contributed by atoms with E-state index in [1.165, 1.54) is 12.3 Å². The lowest BCUT2D eigenvalue weighted by atomic mass is 10.2. The van der Waals surface area contributed by atoms with E-state index in [0.717, 1.165) is 6.07 Å². The van der Waals surface area contributed by atoms with Crippen LogP contribution in [0.25, 0.3) is 0 Å². The fourth-order valence-electron chi connectivity index (χ4n) is 1.45. The molecule has 19 heavy (non-hydrogen) atoms. The summed E-state index contributed by atoms with van der Waals surface area (Å²) < 4.78 is 36.3. The molecule has 1 N–H and O–H groups in total. The molecule has 1 aromatic carbocycles. The topological polar surface area (TPSA) is 59.7 Å². The number of carboxylic acids is 1. The Kier molecular flexibility index (Phi) is 3.84. The van der Waals surface area contributed by atoms with E-state index in [-0.39, 0.29) is 28.2 Å². The number of hydrogen-bond acceptors (Lipinski definition) is 3. The Morgan fingerprint density at radius 3 is 2.79 bits per heavy atom. The Labute approximate surface area is 114 Å². The second-order valence-electron chi connectivity index (χ2n) is 3.57. The summed E-state index contributed by atoms with van der Waals surface area (Å²) in [5, 5.41) is 8.82. The summed E-state index contributed by atoms with van der Waals surface area (Å²) in [5.41, 5.74) is 0.253. The Balaban J connectivity index is 2.19. The van der Waals surface area contributed by atoms with E-state index in [2.05, 4.69) is 15.9 Å². The maximum Gasteiger partial charge on any atom is 0.372 e. The molecule has 4 nitrogen and oxygen atoms in total. The van der Waals surface area contributed by atoms with E-state index in [4.69, 9.17) is 14.3 Å². The first-order chi connectivity index (χ1) is 8.99. The molecule has 7 heteroatoms. The Morgan fingerprint density at radius 2 is 2.16 bits per heavy atom. The highest BCUT2D eigenvalue weighted by atomic mass is 79.9. The molecule has 0 fully saturated rings. The molecule has 0 amide bonds. The molecule has 0 unspecified atom stereocenters. The SMILES string of the molecule is O=C(O)c1occc1COc1c(F)cc(F)cc1Br. The first kappa shape index (κ1) is 13.5. The van der Waals surface area contributed by atoms with Gasteiger partial charge in [-0.05, 0) is 28.1 Å². The number of halogens is 3. The van der Waals surface area contributed by atoms with Crippen LogP contribution in [-0.4, -0.2) is 11.1 Å². The van der Waals surface area contributed by atoms with Gasteiger partial charge < -0.3 is 14.3 Å². The summed E-state index contributed by atoms with van der Waals surface area (Å²) in [5.74, 6) is -3.35. The molecule has 1 aromatic heterocycles. The van der Waals surface area contributed by atoms with Gasteiger partial charge in [-0.25, -0.2) is 13.6 Å². The highest BCUT2D eigenvalue weighted by Crippen LogP contribution is 2.30. The number of carboxylic acid groups (broad SMARTS) is 1. The number of ether oxygens (including phenoxy) is 1. The largest absolute Gasteiger partial charge is 0.484 e. The van der Waals surface area contributed by atoms with Crippen molar-refractivity contribution >= 4 is 21.9 Å². The molecular weight excluding hydrogens is 326 g/mol. The molecule has 0 aliphatic heterocycles. The average Bonchev–Trinajstić information content (AvgIpc) is 2.75. The van der Waals surface area contributed by atoms with Crippen molar-refractivity contribution < 1.29 is 27.8 Å². The van der Waals surface area contributed by atoms with Crippen molar-refractivity contribution in [2.45, 2.75) is 6.61 Å². The molecule has 0 spiro atoms. The lowest BCUT2D eigenvalue weighted by Crippen LogP contribution is -2.04. The second-order valence-corrected chi connectivity index (χ2v) is 4.42. The highest BCUT2D eigenvalue weighted by Gasteiger charge is 2.16. The van der Waals surface area contributed by atoms with Crippen LogP contribution in [0.3, 0.4) is 0 Å². The Bertz CT molecular complexity index is 601. The van der Waals surface area contributed by atoms with Crippen molar-refractivity contribution in [2.24, 2.45) is 0 Å². The zero-order valence-corrected chi connectivity index (χ0v) is 10.9. The van der Waals surface area contributed by atoms with Crippen LogP contribution in [0.5, 0.6) is 5.75 Å². The molecule has 2 aromatic rings. The van der Waals surface area contributed by atoms with E-state index < -0.39 is 17.6 Å². The third-order valence-corrected chi connectivity index (χ3v) is 2.87. The monoisotopic (exact) mass is 332 g/mol. The van der Waals surface area contributed by atoms with E-state index in [0.29, 0.717) is 6.07 Å². The maximum absolute atomic E-state index is 13.5. The fraction of sp³-hybridized carbons (Fsp3) is 0.0833. The van der Waals surface area contributed by atoms with Gasteiger partial charge in [0.1, 0.15) is 12.4 Å². The van der Waals surface area contributed by atoms with Crippen molar-refractivity contribution in [3.8, 4) is 5.75 Å². The van der Waals surface area contributed by atoms with Gasteiger partial charge in [0.2, 0.25) is 5.76 Å². The summed E-state index contributed by atoms with van der Waals surface area (Å²) >= 11 is 2.96. The minimum Gasteiger partial charge on any atom is -0.484 e. The third kappa shape index (κ3) is 2.93. The van der Waals surface area contributed by atoms with Crippen LogP contribution in [0.4, 0.5) is 8.78 Å². The van der Waals surface area contributed by atoms with Gasteiger partial charge in [-0.3, -0.25) is 0 Å². The molecule has 0 saturated heterocycles. The van der Waals surface area contributed by atoms with Crippen LogP contribution in [0.15, 0.2) is 33.4 Å². The van der Waals surface area contributed by atoms with Crippen LogP contribution in [-0.2, 0) is 6.61 Å². The van der Waals surface area contributed by atoms with Gasteiger partial charge >= 0.3 is 5.97 Å². The van der Waals surface area contributed by atoms with Gasteiger partial charge in [0, 0.05) is 11.6 Å². The molecule has 0 radical (unpaired) electrons. The Hall–Kier alpha value is -1.89. The van der Waals surface area contributed by atoms with Crippen molar-refractivity contribution in [1.29, 1.82) is 0 Å². The van der Waals surface area contributed by atoms with Crippen molar-refractivity contribution in [1.82, 2.24) is 0 Å². The number of aromatic carboxylic acids is 1.